The first-order chi connectivity index (χ1) is 3.41. The second-order valence-corrected chi connectivity index (χ2v) is 1.10. The molecule has 5 N–H and O–H groups in total. The fourth-order valence-corrected chi connectivity index (χ4v) is 0.235. The average molecular weight is 101 g/mol. The molecule has 0 unspecified atom stereocenters. The van der Waals surface area contributed by atoms with E-state index in [0.29, 0.717) is 6.54 Å². The van der Waals surface area contributed by atoms with Crippen LogP contribution in [0, 0.1) is 0 Å². The fourth-order valence-electron chi connectivity index (χ4n) is 0.235. The van der Waals surface area contributed by atoms with Crippen LogP contribution < -0.4 is 16.8 Å². The molecule has 0 aliphatic heterocycles. The quantitative estimate of drug-likeness (QED) is 0.398. The maximum atomic E-state index is 5.13. The van der Waals surface area contributed by atoms with Gasteiger partial charge in [-0.3, -0.25) is 0 Å². The zero-order valence-corrected chi connectivity index (χ0v) is 4.22. The molecule has 0 radical (unpaired) electrons. The van der Waals surface area contributed by atoms with Gasteiger partial charge in [-0.05, 0) is 0 Å². The molecule has 0 atom stereocenters. The van der Waals surface area contributed by atoms with E-state index in [9.17, 15) is 0 Å². The van der Waals surface area contributed by atoms with Crippen molar-refractivity contribution in [3.05, 3.63) is 12.4 Å². The summed E-state index contributed by atoms with van der Waals surface area (Å²) >= 11 is 0. The molecule has 0 rings (SSSR count). The van der Waals surface area contributed by atoms with Gasteiger partial charge in [-0.25, -0.2) is 0 Å². The molecule has 0 aromatic heterocycles. The van der Waals surface area contributed by atoms with Crippen LogP contribution in [0.25, 0.3) is 0 Å². The van der Waals surface area contributed by atoms with E-state index in [-0.39, 0.29) is 0 Å². The van der Waals surface area contributed by atoms with Gasteiger partial charge in [-0.15, -0.1) is 0 Å². The highest BCUT2D eigenvalue weighted by atomic mass is 14.9. The lowest BCUT2D eigenvalue weighted by atomic mass is 10.6. The normalized spacial score (nSPS) is 9.86. The monoisotopic (exact) mass is 101 g/mol. The molecule has 3 nitrogen and oxygen atoms in total. The average Bonchev–Trinajstić information content (AvgIpc) is 1.69. The Morgan fingerprint density at radius 3 is 2.71 bits per heavy atom. The van der Waals surface area contributed by atoms with E-state index in [1.807, 2.05) is 0 Å². The molecule has 0 aromatic carbocycles. The lowest BCUT2D eigenvalue weighted by Gasteiger charge is -1.91. The SMILES string of the molecule is N/C=C/NCCN. The van der Waals surface area contributed by atoms with E-state index in [0.717, 1.165) is 6.54 Å². The Balaban J connectivity index is 2.69. The third-order valence-corrected chi connectivity index (χ3v) is 0.503. The van der Waals surface area contributed by atoms with E-state index in [2.05, 4.69) is 5.32 Å². The molecule has 0 spiro atoms. The minimum atomic E-state index is 0.643. The summed E-state index contributed by atoms with van der Waals surface area (Å²) in [6.07, 6.45) is 3.10. The minimum Gasteiger partial charge on any atom is -0.403 e. The van der Waals surface area contributed by atoms with Crippen LogP contribution in [0.3, 0.4) is 0 Å². The highest BCUT2D eigenvalue weighted by molar-refractivity contribution is 4.71. The van der Waals surface area contributed by atoms with Gasteiger partial charge in [0.05, 0.1) is 0 Å². The molecule has 0 amide bonds. The van der Waals surface area contributed by atoms with E-state index >= 15 is 0 Å². The molecule has 42 valence electrons. The van der Waals surface area contributed by atoms with Crippen LogP contribution in [0.2, 0.25) is 0 Å². The van der Waals surface area contributed by atoms with Gasteiger partial charge in [0.2, 0.25) is 0 Å². The van der Waals surface area contributed by atoms with Crippen molar-refractivity contribution in [2.24, 2.45) is 11.5 Å². The Hall–Kier alpha value is -0.700. The fraction of sp³-hybridized carbons (Fsp3) is 0.500. The highest BCUT2D eigenvalue weighted by Gasteiger charge is 1.68. The first-order valence-corrected chi connectivity index (χ1v) is 2.22. The van der Waals surface area contributed by atoms with E-state index in [1.54, 1.807) is 6.20 Å². The first kappa shape index (κ1) is 6.30. The van der Waals surface area contributed by atoms with Gasteiger partial charge in [-0.1, -0.05) is 0 Å². The number of nitrogens with two attached hydrogens (primary N) is 2. The summed E-state index contributed by atoms with van der Waals surface area (Å²) in [7, 11) is 0. The molecule has 0 saturated heterocycles. The molecular weight excluding hydrogens is 90.1 g/mol. The van der Waals surface area contributed by atoms with Crippen LogP contribution >= 0.6 is 0 Å². The number of nitrogens with one attached hydrogen (secondary N) is 1. The molecule has 3 heteroatoms. The van der Waals surface area contributed by atoms with E-state index < -0.39 is 0 Å². The van der Waals surface area contributed by atoms with Gasteiger partial charge in [-0.2, -0.15) is 0 Å². The maximum Gasteiger partial charge on any atom is 0.0265 e. The summed E-state index contributed by atoms with van der Waals surface area (Å²) in [6, 6.07) is 0. The minimum absolute atomic E-state index is 0.643. The highest BCUT2D eigenvalue weighted by Crippen LogP contribution is 1.52. The Kier molecular flexibility index (Phi) is 4.77. The molecule has 0 fully saturated rings. The Bertz CT molecular complexity index is 50.9. The third kappa shape index (κ3) is 5.30. The zero-order chi connectivity index (χ0) is 5.54. The summed E-state index contributed by atoms with van der Waals surface area (Å²) in [5.41, 5.74) is 10.1. The maximum absolute atomic E-state index is 5.13. The lowest BCUT2D eigenvalue weighted by Crippen LogP contribution is -2.17. The third-order valence-electron chi connectivity index (χ3n) is 0.503. The van der Waals surface area contributed by atoms with Crippen molar-refractivity contribution in [2.75, 3.05) is 13.1 Å². The van der Waals surface area contributed by atoms with Gasteiger partial charge < -0.3 is 16.8 Å². The van der Waals surface area contributed by atoms with Gasteiger partial charge in [0, 0.05) is 25.5 Å². The first-order valence-electron chi connectivity index (χ1n) is 2.22. The topological polar surface area (TPSA) is 64.1 Å². The van der Waals surface area contributed by atoms with Gasteiger partial charge in [0.1, 0.15) is 0 Å². The second-order valence-electron chi connectivity index (χ2n) is 1.10. The standard InChI is InChI=1S/C4H11N3/c5-1-3-7-4-2-6/h1,3,7H,2,4-6H2/b3-1+. The van der Waals surface area contributed by atoms with Crippen LogP contribution in [0.15, 0.2) is 12.4 Å². The van der Waals surface area contributed by atoms with Crippen molar-refractivity contribution in [3.8, 4) is 0 Å². The number of hydrogen-bond acceptors (Lipinski definition) is 3. The molecule has 0 aliphatic carbocycles. The lowest BCUT2D eigenvalue weighted by molar-refractivity contribution is 0.840. The molecule has 0 aliphatic rings. The second kappa shape index (κ2) is 5.30. The summed E-state index contributed by atoms with van der Waals surface area (Å²) in [6.45, 7) is 1.43. The predicted octanol–water partition coefficient (Wildman–Crippen LogP) is -1.04. The summed E-state index contributed by atoms with van der Waals surface area (Å²) < 4.78 is 0. The van der Waals surface area contributed by atoms with Crippen LogP contribution in [0.1, 0.15) is 0 Å². The number of hydrogen-bond donors (Lipinski definition) is 3. The predicted molar refractivity (Wildman–Crippen MR) is 30.4 cm³/mol. The molecule has 0 bridgehead atoms. The summed E-state index contributed by atoms with van der Waals surface area (Å²) in [4.78, 5) is 0. The van der Waals surface area contributed by atoms with Crippen LogP contribution in [0.5, 0.6) is 0 Å². The summed E-state index contributed by atoms with van der Waals surface area (Å²) in [5.74, 6) is 0. The zero-order valence-electron chi connectivity index (χ0n) is 4.22. The number of rotatable bonds is 3. The molecule has 7 heavy (non-hydrogen) atoms. The van der Waals surface area contributed by atoms with Gasteiger partial charge in [0.15, 0.2) is 0 Å². The van der Waals surface area contributed by atoms with Gasteiger partial charge >= 0.3 is 0 Å². The molecule has 0 heterocycles. The molecule has 0 aromatic rings. The van der Waals surface area contributed by atoms with Crippen LogP contribution in [-0.4, -0.2) is 13.1 Å². The van der Waals surface area contributed by atoms with Crippen molar-refractivity contribution in [2.45, 2.75) is 0 Å². The summed E-state index contributed by atoms with van der Waals surface area (Å²) in [5, 5.41) is 2.85. The van der Waals surface area contributed by atoms with E-state index in [1.165, 1.54) is 6.20 Å². The Morgan fingerprint density at radius 2 is 2.29 bits per heavy atom. The Morgan fingerprint density at radius 1 is 1.57 bits per heavy atom. The molecule has 0 saturated carbocycles. The molecular formula is C4H11N3. The van der Waals surface area contributed by atoms with Gasteiger partial charge in [0.25, 0.3) is 0 Å². The van der Waals surface area contributed by atoms with Crippen molar-refractivity contribution in [1.29, 1.82) is 0 Å². The smallest absolute Gasteiger partial charge is 0.0265 e. The Labute approximate surface area is 43.4 Å². The van der Waals surface area contributed by atoms with Crippen LogP contribution in [-0.2, 0) is 0 Å². The largest absolute Gasteiger partial charge is 0.403 e. The van der Waals surface area contributed by atoms with Crippen molar-refractivity contribution in [1.82, 2.24) is 5.32 Å². The van der Waals surface area contributed by atoms with Crippen LogP contribution in [0.4, 0.5) is 0 Å². The van der Waals surface area contributed by atoms with Crippen molar-refractivity contribution < 1.29 is 0 Å². The van der Waals surface area contributed by atoms with Crippen molar-refractivity contribution in [3.63, 3.8) is 0 Å². The van der Waals surface area contributed by atoms with E-state index in [4.69, 9.17) is 11.5 Å². The van der Waals surface area contributed by atoms with Crippen molar-refractivity contribution >= 4 is 0 Å².